The second-order valence-electron chi connectivity index (χ2n) is 1.30. The zero-order valence-electron chi connectivity index (χ0n) is 5.13. The van der Waals surface area contributed by atoms with E-state index in [1.807, 2.05) is 4.98 Å². The van der Waals surface area contributed by atoms with E-state index in [1.54, 1.807) is 0 Å². The van der Waals surface area contributed by atoms with E-state index in [0.717, 1.165) is 0 Å². The van der Waals surface area contributed by atoms with Crippen LogP contribution >= 0.6 is 0 Å². The van der Waals surface area contributed by atoms with Crippen molar-refractivity contribution in [2.45, 2.75) is 0 Å². The molecule has 0 saturated heterocycles. The van der Waals surface area contributed by atoms with E-state index in [-0.39, 0.29) is 5.56 Å². The summed E-state index contributed by atoms with van der Waals surface area (Å²) in [5.74, 6) is 0. The van der Waals surface area contributed by atoms with Crippen LogP contribution in [0, 0.1) is 12.8 Å². The summed E-state index contributed by atoms with van der Waals surface area (Å²) in [4.78, 5) is 24.7. The number of aromatic nitrogens is 2. The van der Waals surface area contributed by atoms with E-state index >= 15 is 0 Å². The van der Waals surface area contributed by atoms with Crippen LogP contribution in [-0.2, 0) is 0 Å². The average molecular weight is 138 g/mol. The van der Waals surface area contributed by atoms with Crippen LogP contribution in [0.3, 0.4) is 0 Å². The van der Waals surface area contributed by atoms with Gasteiger partial charge in [-0.25, -0.2) is 4.79 Å². The lowest BCUT2D eigenvalue weighted by Gasteiger charge is -1.75. The monoisotopic (exact) mass is 138 g/mol. The molecule has 0 aliphatic heterocycles. The first-order valence-corrected chi connectivity index (χ1v) is 2.40. The predicted octanol–water partition coefficient (Wildman–Crippen LogP) is -0.687. The third kappa shape index (κ3) is 2.52. The van der Waals surface area contributed by atoms with Gasteiger partial charge in [0, 0.05) is 12.3 Å². The molecule has 0 unspecified atom stereocenters. The summed E-state index contributed by atoms with van der Waals surface area (Å²) in [7, 11) is 0. The Morgan fingerprint density at radius 2 is 1.90 bits per heavy atom. The minimum absolute atomic E-state index is 0.381. The van der Waals surface area contributed by atoms with Gasteiger partial charge in [-0.2, -0.15) is 0 Å². The molecule has 0 aliphatic rings. The maximum absolute atomic E-state index is 10.2. The molecule has 0 radical (unpaired) electrons. The fourth-order valence-corrected chi connectivity index (χ4v) is 0.383. The summed E-state index contributed by atoms with van der Waals surface area (Å²) in [5.41, 5.74) is -0.855. The molecule has 0 aliphatic carbocycles. The molecule has 0 aromatic carbocycles. The van der Waals surface area contributed by atoms with E-state index in [9.17, 15) is 9.59 Å². The molecule has 1 heterocycles. The van der Waals surface area contributed by atoms with E-state index in [4.69, 9.17) is 0 Å². The molecule has 2 N–H and O–H groups in total. The van der Waals surface area contributed by atoms with Crippen molar-refractivity contribution in [3.63, 3.8) is 0 Å². The molecule has 52 valence electrons. The maximum Gasteiger partial charge on any atom is 0.325 e. The molecule has 1 aromatic rings. The molecule has 0 atom stereocenters. The Morgan fingerprint density at radius 3 is 2.20 bits per heavy atom. The average Bonchev–Trinajstić information content (AvgIpc) is 1.91. The number of rotatable bonds is 0. The van der Waals surface area contributed by atoms with Gasteiger partial charge in [-0.05, 0) is 0 Å². The number of H-pyrrole nitrogens is 2. The highest BCUT2D eigenvalue weighted by Crippen LogP contribution is 1.51. The van der Waals surface area contributed by atoms with Gasteiger partial charge in [-0.3, -0.25) is 9.78 Å². The van der Waals surface area contributed by atoms with Crippen molar-refractivity contribution in [2.75, 3.05) is 0 Å². The van der Waals surface area contributed by atoms with Gasteiger partial charge >= 0.3 is 5.69 Å². The molecule has 4 nitrogen and oxygen atoms in total. The third-order valence-corrected chi connectivity index (χ3v) is 0.686. The van der Waals surface area contributed by atoms with Gasteiger partial charge in [-0.1, -0.05) is 0 Å². The SMILES string of the molecule is C#C.O=c1cc[nH]c(=O)[nH]1. The van der Waals surface area contributed by atoms with Crippen LogP contribution in [0.4, 0.5) is 0 Å². The molecule has 0 bridgehead atoms. The second kappa shape index (κ2) is 4.15. The van der Waals surface area contributed by atoms with Crippen LogP contribution in [0.5, 0.6) is 0 Å². The smallest absolute Gasteiger partial charge is 0.314 e. The number of terminal acetylenes is 1. The van der Waals surface area contributed by atoms with Gasteiger partial charge < -0.3 is 4.98 Å². The molecule has 1 rings (SSSR count). The Hall–Kier alpha value is -1.76. The van der Waals surface area contributed by atoms with Gasteiger partial charge in [0.1, 0.15) is 0 Å². The van der Waals surface area contributed by atoms with Gasteiger partial charge in [0.25, 0.3) is 5.56 Å². The Kier molecular flexibility index (Phi) is 3.42. The molecule has 0 saturated carbocycles. The van der Waals surface area contributed by atoms with Crippen LogP contribution in [-0.4, -0.2) is 9.97 Å². The molecular weight excluding hydrogens is 132 g/mol. The molecule has 10 heavy (non-hydrogen) atoms. The van der Waals surface area contributed by atoms with Gasteiger partial charge in [0.05, 0.1) is 0 Å². The van der Waals surface area contributed by atoms with E-state index in [2.05, 4.69) is 17.8 Å². The molecule has 1 aromatic heterocycles. The first-order chi connectivity index (χ1) is 4.79. The lowest BCUT2D eigenvalue weighted by molar-refractivity contribution is 1.04. The lowest BCUT2D eigenvalue weighted by atomic mass is 10.7. The summed E-state index contributed by atoms with van der Waals surface area (Å²) in [6.07, 6.45) is 9.29. The summed E-state index contributed by atoms with van der Waals surface area (Å²) >= 11 is 0. The third-order valence-electron chi connectivity index (χ3n) is 0.686. The maximum atomic E-state index is 10.2. The zero-order valence-corrected chi connectivity index (χ0v) is 5.13. The normalized spacial score (nSPS) is 7.40. The summed E-state index contributed by atoms with van der Waals surface area (Å²) in [6, 6.07) is 1.24. The molecule has 0 fully saturated rings. The van der Waals surface area contributed by atoms with Gasteiger partial charge in [0.2, 0.25) is 0 Å². The number of hydrogen-bond acceptors (Lipinski definition) is 2. The molecule has 0 spiro atoms. The Balaban J connectivity index is 0.000000371. The van der Waals surface area contributed by atoms with Crippen LogP contribution in [0.1, 0.15) is 0 Å². The van der Waals surface area contributed by atoms with Crippen molar-refractivity contribution < 1.29 is 0 Å². The molecule has 0 amide bonds. The minimum Gasteiger partial charge on any atom is -0.314 e. The van der Waals surface area contributed by atoms with Crippen molar-refractivity contribution in [3.05, 3.63) is 33.1 Å². The van der Waals surface area contributed by atoms with Crippen LogP contribution in [0.15, 0.2) is 21.9 Å². The highest BCUT2D eigenvalue weighted by molar-refractivity contribution is 4.77. The zero-order chi connectivity index (χ0) is 7.98. The largest absolute Gasteiger partial charge is 0.325 e. The quantitative estimate of drug-likeness (QED) is 0.466. The fourth-order valence-electron chi connectivity index (χ4n) is 0.383. The van der Waals surface area contributed by atoms with Crippen molar-refractivity contribution in [3.8, 4) is 12.8 Å². The van der Waals surface area contributed by atoms with E-state index in [1.165, 1.54) is 12.3 Å². The van der Waals surface area contributed by atoms with Gasteiger partial charge in [-0.15, -0.1) is 12.8 Å². The van der Waals surface area contributed by atoms with Crippen molar-refractivity contribution in [1.82, 2.24) is 9.97 Å². The first-order valence-electron chi connectivity index (χ1n) is 2.40. The lowest BCUT2D eigenvalue weighted by Crippen LogP contribution is -2.19. The molecular formula is C6H6N2O2. The summed E-state index contributed by atoms with van der Waals surface area (Å²) in [5, 5.41) is 0. The standard InChI is InChI=1S/C4H4N2O2.C2H2/c7-3-1-2-5-4(8)6-3;1-2/h1-2H,(H2,5,6,7,8);1-2H. The number of nitrogens with one attached hydrogen (secondary N) is 2. The van der Waals surface area contributed by atoms with Crippen LogP contribution < -0.4 is 11.2 Å². The van der Waals surface area contributed by atoms with E-state index in [0.29, 0.717) is 0 Å². The minimum atomic E-state index is -0.475. The topological polar surface area (TPSA) is 65.7 Å². The number of hydrogen-bond donors (Lipinski definition) is 2. The van der Waals surface area contributed by atoms with Crippen LogP contribution in [0.25, 0.3) is 0 Å². The van der Waals surface area contributed by atoms with E-state index < -0.39 is 5.69 Å². The predicted molar refractivity (Wildman–Crippen MR) is 37.6 cm³/mol. The summed E-state index contributed by atoms with van der Waals surface area (Å²) in [6.45, 7) is 0. The highest BCUT2D eigenvalue weighted by atomic mass is 16.2. The summed E-state index contributed by atoms with van der Waals surface area (Å²) < 4.78 is 0. The van der Waals surface area contributed by atoms with Crippen molar-refractivity contribution in [1.29, 1.82) is 0 Å². The highest BCUT2D eigenvalue weighted by Gasteiger charge is 1.77. The first kappa shape index (κ1) is 8.24. The Bertz CT molecular complexity index is 282. The number of aromatic amines is 2. The molecule has 4 heteroatoms. The second-order valence-corrected chi connectivity index (χ2v) is 1.30. The van der Waals surface area contributed by atoms with Crippen molar-refractivity contribution >= 4 is 0 Å². The Morgan fingerprint density at radius 1 is 1.30 bits per heavy atom. The van der Waals surface area contributed by atoms with Gasteiger partial charge in [0.15, 0.2) is 0 Å². The fraction of sp³-hybridized carbons (Fsp3) is 0. The van der Waals surface area contributed by atoms with Crippen LogP contribution in [0.2, 0.25) is 0 Å². The Labute approximate surface area is 56.9 Å². The van der Waals surface area contributed by atoms with Crippen molar-refractivity contribution in [2.24, 2.45) is 0 Å².